The molecule has 0 radical (unpaired) electrons. The van der Waals surface area contributed by atoms with Crippen LogP contribution in [0, 0.1) is 0 Å². The van der Waals surface area contributed by atoms with Crippen molar-refractivity contribution in [3.05, 3.63) is 243 Å². The highest BCUT2D eigenvalue weighted by molar-refractivity contribution is 7.85. The summed E-state index contributed by atoms with van der Waals surface area (Å²) in [4.78, 5) is 15.5. The Morgan fingerprint density at radius 2 is 0.781 bits per heavy atom. The van der Waals surface area contributed by atoms with Crippen LogP contribution in [-0.4, -0.2) is 15.0 Å². The van der Waals surface area contributed by atoms with Crippen molar-refractivity contribution in [3.8, 4) is 67.4 Å². The van der Waals surface area contributed by atoms with Gasteiger partial charge in [0.1, 0.15) is 0 Å². The molecule has 4 nitrogen and oxygen atoms in total. The van der Waals surface area contributed by atoms with E-state index < -0.39 is 7.14 Å². The molecule has 9 aromatic carbocycles. The molecule has 2 aromatic heterocycles. The van der Waals surface area contributed by atoms with E-state index in [0.29, 0.717) is 5.82 Å². The van der Waals surface area contributed by atoms with Crippen molar-refractivity contribution in [1.29, 1.82) is 0 Å². The Bertz CT molecular complexity index is 3430. The van der Waals surface area contributed by atoms with Gasteiger partial charge in [0.25, 0.3) is 0 Å². The summed E-state index contributed by atoms with van der Waals surface area (Å²) in [6.07, 6.45) is 0. The van der Waals surface area contributed by atoms with E-state index in [2.05, 4.69) is 115 Å². The van der Waals surface area contributed by atoms with Crippen LogP contribution in [-0.2, 0) is 4.57 Å². The molecule has 0 saturated carbocycles. The Kier molecular flexibility index (Phi) is 10.1. The maximum Gasteiger partial charge on any atom is 0.171 e. The molecule has 0 fully saturated rings. The van der Waals surface area contributed by atoms with Crippen LogP contribution in [0.5, 0.6) is 0 Å². The van der Waals surface area contributed by atoms with E-state index in [1.54, 1.807) is 0 Å². The molecule has 2 heterocycles. The number of aromatic nitrogens is 3. The van der Waals surface area contributed by atoms with Gasteiger partial charge in [-0.3, -0.25) is 0 Å². The molecule has 0 N–H and O–H groups in total. The van der Waals surface area contributed by atoms with E-state index in [1.165, 1.54) is 16.5 Å². The molecule has 0 aliphatic rings. The zero-order valence-electron chi connectivity index (χ0n) is 34.8. The largest absolute Gasteiger partial charge is 0.309 e. The molecule has 11 rings (SSSR count). The number of hydrogen-bond acceptors (Lipinski definition) is 4. The predicted octanol–water partition coefficient (Wildman–Crippen LogP) is 13.8. The van der Waals surface area contributed by atoms with Crippen LogP contribution in [0.4, 0.5) is 0 Å². The molecule has 0 aliphatic carbocycles. The Morgan fingerprint density at radius 3 is 1.36 bits per heavy atom. The second kappa shape index (κ2) is 16.7. The monoisotopic (exact) mass is 837 g/mol. The first kappa shape index (κ1) is 38.9. The lowest BCUT2D eigenvalue weighted by Crippen LogP contribution is -2.24. The highest BCUT2D eigenvalue weighted by atomic mass is 31.2. The maximum atomic E-state index is 15.1. The quantitative estimate of drug-likeness (QED) is 0.107. The molecule has 64 heavy (non-hydrogen) atoms. The fraction of sp³-hybridized carbons (Fsp3) is 0. The van der Waals surface area contributed by atoms with Crippen molar-refractivity contribution in [2.24, 2.45) is 0 Å². The zero-order chi connectivity index (χ0) is 42.9. The first-order valence-corrected chi connectivity index (χ1v) is 23.2. The van der Waals surface area contributed by atoms with Gasteiger partial charge in [-0.1, -0.05) is 224 Å². The van der Waals surface area contributed by atoms with Crippen molar-refractivity contribution in [2.45, 2.75) is 0 Å². The molecule has 302 valence electrons. The third-order valence-electron chi connectivity index (χ3n) is 12.0. The van der Waals surface area contributed by atoms with Crippen LogP contribution >= 0.6 is 7.14 Å². The highest BCUT2D eigenvalue weighted by Gasteiger charge is 2.29. The van der Waals surface area contributed by atoms with Gasteiger partial charge >= 0.3 is 0 Å². The second-order valence-corrected chi connectivity index (χ2v) is 18.7. The molecular formula is C59H40N3OP. The summed E-state index contributed by atoms with van der Waals surface area (Å²) in [7, 11) is -3.13. The number of fused-ring (bicyclic) bond motifs is 3. The summed E-state index contributed by atoms with van der Waals surface area (Å²) in [5.74, 6) is 0.637. The topological polar surface area (TPSA) is 55.7 Å². The number of benzene rings is 9. The van der Waals surface area contributed by atoms with Crippen molar-refractivity contribution < 1.29 is 4.57 Å². The predicted molar refractivity (Wildman–Crippen MR) is 267 cm³/mol. The minimum Gasteiger partial charge on any atom is -0.309 e. The maximum absolute atomic E-state index is 15.1. The van der Waals surface area contributed by atoms with Crippen LogP contribution < -0.4 is 15.9 Å². The average molecular weight is 838 g/mol. The average Bonchev–Trinajstić information content (AvgIpc) is 3.39. The van der Waals surface area contributed by atoms with E-state index in [0.717, 1.165) is 82.7 Å². The van der Waals surface area contributed by atoms with E-state index in [4.69, 9.17) is 15.0 Å². The molecule has 0 bridgehead atoms. The van der Waals surface area contributed by atoms with Crippen molar-refractivity contribution in [2.75, 3.05) is 0 Å². The number of rotatable bonds is 9. The molecular weight excluding hydrogens is 798 g/mol. The van der Waals surface area contributed by atoms with Crippen molar-refractivity contribution in [1.82, 2.24) is 15.0 Å². The Hall–Kier alpha value is -8.04. The summed E-state index contributed by atoms with van der Waals surface area (Å²) in [6, 6.07) is 82.6. The van der Waals surface area contributed by atoms with Crippen LogP contribution in [0.2, 0.25) is 0 Å². The van der Waals surface area contributed by atoms with Crippen LogP contribution in [0.1, 0.15) is 0 Å². The Balaban J connectivity index is 0.989. The molecule has 11 aromatic rings. The first-order chi connectivity index (χ1) is 31.6. The molecule has 0 atom stereocenters. The third kappa shape index (κ3) is 7.20. The minimum absolute atomic E-state index is 0.637. The number of pyridine rings is 1. The fourth-order valence-electron chi connectivity index (χ4n) is 8.77. The molecule has 0 spiro atoms. The summed E-state index contributed by atoms with van der Waals surface area (Å²) in [6.45, 7) is 0. The summed E-state index contributed by atoms with van der Waals surface area (Å²) in [5, 5.41) is 5.80. The van der Waals surface area contributed by atoms with Crippen LogP contribution in [0.3, 0.4) is 0 Å². The smallest absolute Gasteiger partial charge is 0.171 e. The zero-order valence-corrected chi connectivity index (χ0v) is 35.7. The van der Waals surface area contributed by atoms with Gasteiger partial charge in [0, 0.05) is 54.3 Å². The summed E-state index contributed by atoms with van der Waals surface area (Å²) < 4.78 is 15.1. The molecule has 0 unspecified atom stereocenters. The summed E-state index contributed by atoms with van der Waals surface area (Å²) in [5.41, 5.74) is 12.0. The van der Waals surface area contributed by atoms with Gasteiger partial charge in [0.05, 0.1) is 22.6 Å². The van der Waals surface area contributed by atoms with Crippen LogP contribution in [0.15, 0.2) is 243 Å². The molecule has 5 heteroatoms. The van der Waals surface area contributed by atoms with Gasteiger partial charge in [-0.2, -0.15) is 0 Å². The van der Waals surface area contributed by atoms with Crippen LogP contribution in [0.25, 0.3) is 89.1 Å². The van der Waals surface area contributed by atoms with Gasteiger partial charge in [-0.15, -0.1) is 0 Å². The number of nitrogens with zero attached hydrogens (tertiary/aromatic N) is 3. The van der Waals surface area contributed by atoms with Gasteiger partial charge in [-0.05, 0) is 40.5 Å². The van der Waals surface area contributed by atoms with Gasteiger partial charge in [0.2, 0.25) is 0 Å². The van der Waals surface area contributed by atoms with E-state index in [-0.39, 0.29) is 0 Å². The van der Waals surface area contributed by atoms with Gasteiger partial charge in [-0.25, -0.2) is 15.0 Å². The van der Waals surface area contributed by atoms with E-state index in [1.807, 2.05) is 127 Å². The summed E-state index contributed by atoms with van der Waals surface area (Å²) >= 11 is 0. The lowest BCUT2D eigenvalue weighted by atomic mass is 9.91. The van der Waals surface area contributed by atoms with Crippen molar-refractivity contribution >= 4 is 44.7 Å². The third-order valence-corrected chi connectivity index (χ3v) is 15.1. The second-order valence-electron chi connectivity index (χ2n) is 15.9. The van der Waals surface area contributed by atoms with E-state index >= 15 is 4.57 Å². The van der Waals surface area contributed by atoms with Crippen molar-refractivity contribution in [3.63, 3.8) is 0 Å². The number of hydrogen-bond donors (Lipinski definition) is 0. The lowest BCUT2D eigenvalue weighted by molar-refractivity contribution is 0.592. The normalized spacial score (nSPS) is 11.5. The molecule has 0 saturated heterocycles. The fourth-order valence-corrected chi connectivity index (χ4v) is 11.4. The molecule has 0 amide bonds. The Morgan fingerprint density at radius 1 is 0.312 bits per heavy atom. The van der Waals surface area contributed by atoms with E-state index in [9.17, 15) is 0 Å². The standard InChI is InChI=1S/C59H40N3OP/c63-64(48-23-12-4-13-24-48,49-25-14-5-15-26-49)50-36-33-44(34-37-50)56-40-55(61-59(62-56)46-21-10-3-11-22-46)43-31-29-41(30-32-43)47-35-38-54-53(39-47)57-51(42-17-6-1-7-18-42)27-16-28-52(57)58(60-54)45-19-8-2-9-20-45/h1-40H. The van der Waals surface area contributed by atoms with Gasteiger partial charge in [0.15, 0.2) is 13.0 Å². The molecule has 0 aliphatic heterocycles. The minimum atomic E-state index is -3.13. The van der Waals surface area contributed by atoms with Gasteiger partial charge < -0.3 is 4.57 Å². The SMILES string of the molecule is O=P(c1ccccc1)(c1ccccc1)c1ccc(-c2cc(-c3ccc(-c4ccc5nc(-c6ccccc6)c6cccc(-c7ccccc7)c6c5c4)cc3)nc(-c3ccccc3)n2)cc1. The highest BCUT2D eigenvalue weighted by Crippen LogP contribution is 2.43. The first-order valence-electron chi connectivity index (χ1n) is 21.5. The lowest BCUT2D eigenvalue weighted by Gasteiger charge is -2.20. The Labute approximate surface area is 372 Å².